The third kappa shape index (κ3) is 4.96. The molecule has 1 N–H and O–H groups in total. The molecule has 1 aliphatic rings. The number of anilines is 1. The number of amides is 1. The molecule has 2 aromatic heterocycles. The molecule has 0 aliphatic heterocycles. The summed E-state index contributed by atoms with van der Waals surface area (Å²) in [7, 11) is 0. The lowest BCUT2D eigenvalue weighted by molar-refractivity contribution is -0.137. The van der Waals surface area contributed by atoms with Crippen molar-refractivity contribution in [2.75, 3.05) is 11.1 Å². The fourth-order valence-corrected chi connectivity index (χ4v) is 4.20. The molecule has 3 aromatic rings. The van der Waals surface area contributed by atoms with Crippen molar-refractivity contribution in [2.45, 2.75) is 43.7 Å². The van der Waals surface area contributed by atoms with Gasteiger partial charge in [0.2, 0.25) is 0 Å². The van der Waals surface area contributed by atoms with Gasteiger partial charge in [-0.25, -0.2) is 4.98 Å². The maximum Gasteiger partial charge on any atom is 0.417 e. The largest absolute Gasteiger partial charge is 0.417 e. The molecule has 32 heavy (non-hydrogen) atoms. The van der Waals surface area contributed by atoms with Gasteiger partial charge < -0.3 is 5.32 Å². The van der Waals surface area contributed by atoms with Crippen LogP contribution in [0.15, 0.2) is 53.7 Å². The highest BCUT2D eigenvalue weighted by atomic mass is 32.2. The number of pyridine rings is 2. The zero-order valence-electron chi connectivity index (χ0n) is 17.7. The molecule has 0 bridgehead atoms. The van der Waals surface area contributed by atoms with Gasteiger partial charge in [0.15, 0.2) is 0 Å². The molecule has 4 rings (SSSR count). The van der Waals surface area contributed by atoms with Crippen LogP contribution in [0.2, 0.25) is 0 Å². The second kappa shape index (κ2) is 8.94. The Kier molecular flexibility index (Phi) is 6.24. The van der Waals surface area contributed by atoms with Crippen LogP contribution >= 0.6 is 11.8 Å². The first-order valence-corrected chi connectivity index (χ1v) is 11.3. The molecule has 0 radical (unpaired) electrons. The van der Waals surface area contributed by atoms with Crippen molar-refractivity contribution in [1.82, 2.24) is 9.97 Å². The van der Waals surface area contributed by atoms with Gasteiger partial charge in [-0.3, -0.25) is 9.78 Å². The zero-order valence-corrected chi connectivity index (χ0v) is 18.5. The van der Waals surface area contributed by atoms with E-state index >= 15 is 0 Å². The van der Waals surface area contributed by atoms with Crippen LogP contribution in [0.4, 0.5) is 18.9 Å². The van der Waals surface area contributed by atoms with Gasteiger partial charge in [-0.2, -0.15) is 13.2 Å². The number of alkyl halides is 3. The van der Waals surface area contributed by atoms with Crippen LogP contribution in [0.1, 0.15) is 53.0 Å². The molecular weight excluding hydrogens is 435 g/mol. The number of aromatic nitrogens is 2. The number of aryl methyl sites for hydroxylation is 1. The molecule has 1 aromatic carbocycles. The van der Waals surface area contributed by atoms with Crippen molar-refractivity contribution in [1.29, 1.82) is 0 Å². The van der Waals surface area contributed by atoms with Crippen molar-refractivity contribution in [3.63, 3.8) is 0 Å². The predicted molar refractivity (Wildman–Crippen MR) is 120 cm³/mol. The fraction of sp³-hybridized carbons (Fsp3) is 0.292. The fourth-order valence-electron chi connectivity index (χ4n) is 3.40. The van der Waals surface area contributed by atoms with Crippen LogP contribution in [-0.4, -0.2) is 21.6 Å². The molecule has 8 heteroatoms. The van der Waals surface area contributed by atoms with Crippen LogP contribution in [0, 0.1) is 6.92 Å². The van der Waals surface area contributed by atoms with Crippen LogP contribution in [0.25, 0.3) is 11.1 Å². The highest BCUT2D eigenvalue weighted by Gasteiger charge is 2.32. The molecule has 4 nitrogen and oxygen atoms in total. The summed E-state index contributed by atoms with van der Waals surface area (Å²) in [5.41, 5.74) is 2.79. The average Bonchev–Trinajstić information content (AvgIpc) is 3.60. The van der Waals surface area contributed by atoms with E-state index in [1.807, 2.05) is 13.0 Å². The Morgan fingerprint density at radius 2 is 1.81 bits per heavy atom. The molecule has 1 saturated carbocycles. The lowest BCUT2D eigenvalue weighted by Gasteiger charge is -2.14. The minimum atomic E-state index is -4.54. The summed E-state index contributed by atoms with van der Waals surface area (Å²) in [5, 5.41) is 2.55. The van der Waals surface area contributed by atoms with E-state index in [-0.39, 0.29) is 11.4 Å². The zero-order chi connectivity index (χ0) is 22.9. The number of carbonyl (C=O) groups is 1. The molecule has 0 saturated heterocycles. The van der Waals surface area contributed by atoms with Crippen molar-refractivity contribution in [3.05, 3.63) is 71.3 Å². The van der Waals surface area contributed by atoms with Crippen molar-refractivity contribution < 1.29 is 18.0 Å². The molecule has 1 amide bonds. The van der Waals surface area contributed by atoms with Crippen LogP contribution in [0.3, 0.4) is 0 Å². The standard InChI is InChI=1S/C24H22F3N3OS/c1-3-32-21-10-18(17-8-6-16(7-9-17)15-4-5-15)12-29-22(21)23(31)30-20-11-19(24(25,26)27)13-28-14(20)2/h6-13,15H,3-5H2,1-2H3,(H,30,31). The average molecular weight is 458 g/mol. The molecule has 1 aliphatic carbocycles. The van der Waals surface area contributed by atoms with E-state index in [1.54, 1.807) is 13.1 Å². The monoisotopic (exact) mass is 457 g/mol. The van der Waals surface area contributed by atoms with E-state index in [2.05, 4.69) is 39.6 Å². The molecule has 166 valence electrons. The Hall–Kier alpha value is -2.87. The first kappa shape index (κ1) is 22.3. The van der Waals surface area contributed by atoms with E-state index in [1.165, 1.54) is 30.2 Å². The maximum absolute atomic E-state index is 13.0. The van der Waals surface area contributed by atoms with E-state index in [9.17, 15) is 18.0 Å². The van der Waals surface area contributed by atoms with Gasteiger partial charge in [0.05, 0.1) is 16.9 Å². The summed E-state index contributed by atoms with van der Waals surface area (Å²) < 4.78 is 39.1. The molecule has 0 spiro atoms. The van der Waals surface area contributed by atoms with Gasteiger partial charge in [0, 0.05) is 22.9 Å². The number of hydrogen-bond acceptors (Lipinski definition) is 4. The number of thioether (sulfide) groups is 1. The summed E-state index contributed by atoms with van der Waals surface area (Å²) in [5.74, 6) is 0.824. The van der Waals surface area contributed by atoms with Crippen LogP contribution in [-0.2, 0) is 6.18 Å². The van der Waals surface area contributed by atoms with Gasteiger partial charge >= 0.3 is 6.18 Å². The van der Waals surface area contributed by atoms with Crippen LogP contribution in [0.5, 0.6) is 0 Å². The van der Waals surface area contributed by atoms with E-state index in [4.69, 9.17) is 0 Å². The Morgan fingerprint density at radius 1 is 1.09 bits per heavy atom. The maximum atomic E-state index is 13.0. The van der Waals surface area contributed by atoms with Gasteiger partial charge in [-0.15, -0.1) is 11.8 Å². The Morgan fingerprint density at radius 3 is 2.44 bits per heavy atom. The molecule has 2 heterocycles. The van der Waals surface area contributed by atoms with E-state index in [0.717, 1.165) is 29.1 Å². The van der Waals surface area contributed by atoms with Crippen LogP contribution < -0.4 is 5.32 Å². The quantitative estimate of drug-likeness (QED) is 0.418. The highest BCUT2D eigenvalue weighted by Crippen LogP contribution is 2.40. The summed E-state index contributed by atoms with van der Waals surface area (Å²) in [6, 6.07) is 11.2. The minimum Gasteiger partial charge on any atom is -0.319 e. The summed E-state index contributed by atoms with van der Waals surface area (Å²) in [6.45, 7) is 3.50. The lowest BCUT2D eigenvalue weighted by atomic mass is 10.0. The molecule has 0 atom stereocenters. The first-order chi connectivity index (χ1) is 15.3. The number of carbonyl (C=O) groups excluding carboxylic acids is 1. The number of nitrogens with one attached hydrogen (secondary N) is 1. The topological polar surface area (TPSA) is 54.9 Å². The number of hydrogen-bond donors (Lipinski definition) is 1. The van der Waals surface area contributed by atoms with Gasteiger partial charge in [0.1, 0.15) is 5.69 Å². The lowest BCUT2D eigenvalue weighted by Crippen LogP contribution is -2.17. The second-order valence-corrected chi connectivity index (χ2v) is 9.01. The normalized spacial score (nSPS) is 13.8. The van der Waals surface area contributed by atoms with Crippen molar-refractivity contribution >= 4 is 23.4 Å². The summed E-state index contributed by atoms with van der Waals surface area (Å²) in [6.07, 6.45) is 0.313. The molecular formula is C24H22F3N3OS. The summed E-state index contributed by atoms with van der Waals surface area (Å²) >= 11 is 1.46. The molecule has 1 fully saturated rings. The van der Waals surface area contributed by atoms with Crippen molar-refractivity contribution in [3.8, 4) is 11.1 Å². The minimum absolute atomic E-state index is 0.0128. The third-order valence-electron chi connectivity index (χ3n) is 5.32. The van der Waals surface area contributed by atoms with Crippen molar-refractivity contribution in [2.24, 2.45) is 0 Å². The first-order valence-electron chi connectivity index (χ1n) is 10.3. The Labute approximate surface area is 188 Å². The predicted octanol–water partition coefficient (Wildman–Crippen LogP) is 6.71. The second-order valence-electron chi connectivity index (χ2n) is 7.71. The smallest absolute Gasteiger partial charge is 0.319 e. The number of nitrogens with zero attached hydrogens (tertiary/aromatic N) is 2. The summed E-state index contributed by atoms with van der Waals surface area (Å²) in [4.78, 5) is 21.7. The van der Waals surface area contributed by atoms with Gasteiger partial charge in [-0.1, -0.05) is 31.2 Å². The molecule has 0 unspecified atom stereocenters. The SMILES string of the molecule is CCSc1cc(-c2ccc(C3CC3)cc2)cnc1C(=O)Nc1cc(C(F)(F)F)cnc1C. The third-order valence-corrected chi connectivity index (χ3v) is 6.23. The van der Waals surface area contributed by atoms with E-state index < -0.39 is 17.6 Å². The highest BCUT2D eigenvalue weighted by molar-refractivity contribution is 7.99. The number of rotatable bonds is 6. The Balaban J connectivity index is 1.61. The van der Waals surface area contributed by atoms with Gasteiger partial charge in [-0.05, 0) is 54.7 Å². The van der Waals surface area contributed by atoms with E-state index in [0.29, 0.717) is 16.5 Å². The number of benzene rings is 1. The number of halogens is 3. The Bertz CT molecular complexity index is 1140. The van der Waals surface area contributed by atoms with Gasteiger partial charge in [0.25, 0.3) is 5.91 Å².